The standard InChI is InChI=1S/C16H13BF3N3O2/c1-2-25-15(24)10-8-21-23(14(10)16(18,19)20)12-5-3-4-11-9(12)6-7-13(17)22-11/h3-8H,2,17H2,1H3. The van der Waals surface area contributed by atoms with Gasteiger partial charge in [-0.15, -0.1) is 0 Å². The average molecular weight is 347 g/mol. The van der Waals surface area contributed by atoms with Gasteiger partial charge in [0.05, 0.1) is 24.0 Å². The molecule has 25 heavy (non-hydrogen) atoms. The fraction of sp³-hybridized carbons (Fsp3) is 0.188. The van der Waals surface area contributed by atoms with E-state index in [0.717, 1.165) is 11.8 Å². The van der Waals surface area contributed by atoms with E-state index in [9.17, 15) is 18.0 Å². The van der Waals surface area contributed by atoms with E-state index < -0.39 is 23.4 Å². The summed E-state index contributed by atoms with van der Waals surface area (Å²) >= 11 is 0. The quantitative estimate of drug-likeness (QED) is 0.536. The van der Waals surface area contributed by atoms with Crippen molar-refractivity contribution in [3.63, 3.8) is 0 Å². The predicted molar refractivity (Wildman–Crippen MR) is 88.0 cm³/mol. The van der Waals surface area contributed by atoms with Gasteiger partial charge in [-0.2, -0.15) is 18.3 Å². The van der Waals surface area contributed by atoms with Crippen molar-refractivity contribution in [1.82, 2.24) is 14.8 Å². The fourth-order valence-corrected chi connectivity index (χ4v) is 2.59. The number of hydrogen-bond donors (Lipinski definition) is 0. The van der Waals surface area contributed by atoms with Gasteiger partial charge in [0.2, 0.25) is 0 Å². The first kappa shape index (κ1) is 17.0. The number of halogens is 3. The highest BCUT2D eigenvalue weighted by atomic mass is 19.4. The molecule has 2 heterocycles. The van der Waals surface area contributed by atoms with E-state index in [1.165, 1.54) is 13.0 Å². The topological polar surface area (TPSA) is 57.0 Å². The molecule has 0 aliphatic heterocycles. The average Bonchev–Trinajstić information content (AvgIpc) is 2.99. The number of benzene rings is 1. The normalized spacial score (nSPS) is 11.7. The van der Waals surface area contributed by atoms with Crippen molar-refractivity contribution >= 4 is 30.3 Å². The summed E-state index contributed by atoms with van der Waals surface area (Å²) in [6.45, 7) is 1.49. The molecule has 5 nitrogen and oxygen atoms in total. The number of hydrogen-bond acceptors (Lipinski definition) is 4. The second kappa shape index (κ2) is 6.23. The second-order valence-corrected chi connectivity index (χ2v) is 5.33. The predicted octanol–water partition coefficient (Wildman–Crippen LogP) is 1.87. The first-order valence-electron chi connectivity index (χ1n) is 7.52. The van der Waals surface area contributed by atoms with Crippen LogP contribution in [0.25, 0.3) is 16.6 Å². The van der Waals surface area contributed by atoms with Gasteiger partial charge in [-0.25, -0.2) is 9.48 Å². The number of fused-ring (bicyclic) bond motifs is 1. The Balaban J connectivity index is 2.27. The molecule has 0 saturated heterocycles. The highest BCUT2D eigenvalue weighted by molar-refractivity contribution is 6.31. The van der Waals surface area contributed by atoms with Crippen LogP contribution >= 0.6 is 0 Å². The summed E-state index contributed by atoms with van der Waals surface area (Å²) < 4.78 is 46.3. The zero-order valence-electron chi connectivity index (χ0n) is 13.5. The van der Waals surface area contributed by atoms with E-state index in [1.54, 1.807) is 32.1 Å². The van der Waals surface area contributed by atoms with Crippen molar-refractivity contribution in [3.8, 4) is 5.69 Å². The molecule has 0 N–H and O–H groups in total. The number of rotatable bonds is 3. The highest BCUT2D eigenvalue weighted by Crippen LogP contribution is 2.35. The highest BCUT2D eigenvalue weighted by Gasteiger charge is 2.41. The molecule has 0 unspecified atom stereocenters. The minimum absolute atomic E-state index is 0.0290. The number of alkyl halides is 3. The van der Waals surface area contributed by atoms with Gasteiger partial charge in [0.1, 0.15) is 5.56 Å². The first-order valence-corrected chi connectivity index (χ1v) is 7.52. The first-order chi connectivity index (χ1) is 11.8. The van der Waals surface area contributed by atoms with Gasteiger partial charge in [-0.3, -0.25) is 4.98 Å². The van der Waals surface area contributed by atoms with Crippen LogP contribution in [0.3, 0.4) is 0 Å². The van der Waals surface area contributed by atoms with Gasteiger partial charge in [0.25, 0.3) is 0 Å². The zero-order chi connectivity index (χ0) is 18.2. The zero-order valence-corrected chi connectivity index (χ0v) is 13.5. The Morgan fingerprint density at radius 2 is 2.04 bits per heavy atom. The molecule has 0 spiro atoms. The maximum Gasteiger partial charge on any atom is 0.434 e. The smallest absolute Gasteiger partial charge is 0.434 e. The van der Waals surface area contributed by atoms with Crippen molar-refractivity contribution in [3.05, 3.63) is 47.8 Å². The molecule has 1 aromatic carbocycles. The third kappa shape index (κ3) is 3.09. The van der Waals surface area contributed by atoms with Crippen LogP contribution in [0, 0.1) is 0 Å². The molecule has 3 aromatic rings. The Labute approximate surface area is 141 Å². The third-order valence-electron chi connectivity index (χ3n) is 3.61. The molecule has 0 aliphatic rings. The molecular formula is C16H13BF3N3O2. The van der Waals surface area contributed by atoms with Crippen molar-refractivity contribution in [2.45, 2.75) is 13.1 Å². The van der Waals surface area contributed by atoms with Gasteiger partial charge in [0.15, 0.2) is 13.5 Å². The lowest BCUT2D eigenvalue weighted by atomic mass is 10.0. The maximum atomic E-state index is 13.6. The minimum Gasteiger partial charge on any atom is -0.462 e. The van der Waals surface area contributed by atoms with Crippen LogP contribution < -0.4 is 5.59 Å². The molecule has 0 radical (unpaired) electrons. The van der Waals surface area contributed by atoms with Gasteiger partial charge >= 0.3 is 12.1 Å². The summed E-state index contributed by atoms with van der Waals surface area (Å²) in [7, 11) is 1.79. The fourth-order valence-electron chi connectivity index (χ4n) is 2.59. The van der Waals surface area contributed by atoms with E-state index in [4.69, 9.17) is 4.74 Å². The summed E-state index contributed by atoms with van der Waals surface area (Å²) in [5, 5.41) is 4.29. The maximum absolute atomic E-state index is 13.6. The summed E-state index contributed by atoms with van der Waals surface area (Å²) in [6, 6.07) is 8.18. The van der Waals surface area contributed by atoms with Crippen LogP contribution in [-0.2, 0) is 10.9 Å². The number of carbonyl (C=O) groups excluding carboxylic acids is 1. The van der Waals surface area contributed by atoms with E-state index in [1.807, 2.05) is 0 Å². The number of carbonyl (C=O) groups is 1. The van der Waals surface area contributed by atoms with Crippen molar-refractivity contribution in [2.75, 3.05) is 6.61 Å². The summed E-state index contributed by atoms with van der Waals surface area (Å²) in [5.74, 6) is -1.06. The molecule has 9 heteroatoms. The van der Waals surface area contributed by atoms with E-state index in [0.29, 0.717) is 15.6 Å². The molecule has 0 atom stereocenters. The summed E-state index contributed by atoms with van der Waals surface area (Å²) in [6.07, 6.45) is -3.90. The molecule has 0 saturated carbocycles. The van der Waals surface area contributed by atoms with Crippen molar-refractivity contribution < 1.29 is 22.7 Å². The Morgan fingerprint density at radius 3 is 2.72 bits per heavy atom. The number of aromatic nitrogens is 3. The molecule has 0 fully saturated rings. The third-order valence-corrected chi connectivity index (χ3v) is 3.61. The molecule has 0 amide bonds. The molecule has 128 valence electrons. The monoisotopic (exact) mass is 347 g/mol. The van der Waals surface area contributed by atoms with Crippen LogP contribution in [0.5, 0.6) is 0 Å². The van der Waals surface area contributed by atoms with Crippen LogP contribution in [0.15, 0.2) is 36.5 Å². The molecule has 0 bridgehead atoms. The van der Waals surface area contributed by atoms with Crippen molar-refractivity contribution in [2.24, 2.45) is 0 Å². The van der Waals surface area contributed by atoms with Gasteiger partial charge < -0.3 is 4.74 Å². The number of nitrogens with zero attached hydrogens (tertiary/aromatic N) is 3. The van der Waals surface area contributed by atoms with Crippen LogP contribution in [0.4, 0.5) is 13.2 Å². The molecular weight excluding hydrogens is 334 g/mol. The van der Waals surface area contributed by atoms with Crippen LogP contribution in [0.1, 0.15) is 23.0 Å². The Hall–Kier alpha value is -2.84. The van der Waals surface area contributed by atoms with E-state index in [2.05, 4.69) is 10.1 Å². The lowest BCUT2D eigenvalue weighted by Gasteiger charge is -2.14. The SMILES string of the molecule is Bc1ccc2c(-n3ncc(C(=O)OCC)c3C(F)(F)F)cccc2n1. The summed E-state index contributed by atoms with van der Waals surface area (Å²) in [5.41, 5.74) is -0.314. The van der Waals surface area contributed by atoms with Gasteiger partial charge in [-0.05, 0) is 30.7 Å². The molecule has 3 rings (SSSR count). The van der Waals surface area contributed by atoms with Crippen molar-refractivity contribution in [1.29, 1.82) is 0 Å². The number of ether oxygens (including phenoxy) is 1. The largest absolute Gasteiger partial charge is 0.462 e. The summed E-state index contributed by atoms with van der Waals surface area (Å²) in [4.78, 5) is 16.2. The molecule has 2 aromatic heterocycles. The number of pyridine rings is 1. The lowest BCUT2D eigenvalue weighted by Crippen LogP contribution is -2.19. The number of esters is 1. The Bertz CT molecular complexity index is 953. The van der Waals surface area contributed by atoms with Crippen LogP contribution in [-0.4, -0.2) is 35.2 Å². The van der Waals surface area contributed by atoms with Gasteiger partial charge in [0, 0.05) is 5.39 Å². The Morgan fingerprint density at radius 1 is 1.28 bits per heavy atom. The molecule has 0 aliphatic carbocycles. The lowest BCUT2D eigenvalue weighted by molar-refractivity contribution is -0.143. The minimum atomic E-state index is -4.78. The second-order valence-electron chi connectivity index (χ2n) is 5.33. The van der Waals surface area contributed by atoms with E-state index in [-0.39, 0.29) is 12.3 Å². The van der Waals surface area contributed by atoms with E-state index >= 15 is 0 Å². The van der Waals surface area contributed by atoms with Gasteiger partial charge in [-0.1, -0.05) is 12.1 Å². The Kier molecular flexibility index (Phi) is 4.24. The van der Waals surface area contributed by atoms with Crippen LogP contribution in [0.2, 0.25) is 0 Å².